The Balaban J connectivity index is 0.00000110. The zero-order chi connectivity index (χ0) is 12.9. The van der Waals surface area contributed by atoms with Crippen LogP contribution in [0.15, 0.2) is 71.2 Å². The van der Waals surface area contributed by atoms with E-state index >= 15 is 0 Å². The second kappa shape index (κ2) is 8.66. The lowest BCUT2D eigenvalue weighted by atomic mass is 9.94. The lowest BCUT2D eigenvalue weighted by Gasteiger charge is -2.16. The van der Waals surface area contributed by atoms with E-state index in [0.717, 1.165) is 25.1 Å². The van der Waals surface area contributed by atoms with E-state index in [1.807, 2.05) is 6.07 Å². The summed E-state index contributed by atoms with van der Waals surface area (Å²) in [5.74, 6) is 0. The molecule has 0 fully saturated rings. The van der Waals surface area contributed by atoms with Gasteiger partial charge in [-0.05, 0) is 35.6 Å². The largest absolute Gasteiger partial charge is 0.284 e. The number of nitrogens with zero attached hydrogens (tertiary/aromatic N) is 1. The van der Waals surface area contributed by atoms with Gasteiger partial charge in [-0.3, -0.25) is 4.99 Å². The van der Waals surface area contributed by atoms with Crippen molar-refractivity contribution in [3.05, 3.63) is 77.4 Å². The van der Waals surface area contributed by atoms with Crippen LogP contribution in [0.2, 0.25) is 0 Å². The Kier molecular flexibility index (Phi) is 7.21. The molecule has 0 atom stereocenters. The van der Waals surface area contributed by atoms with Crippen molar-refractivity contribution in [1.82, 2.24) is 0 Å². The Morgan fingerprint density at radius 2 is 1.43 bits per heavy atom. The zero-order valence-corrected chi connectivity index (χ0v) is 13.4. The van der Waals surface area contributed by atoms with Gasteiger partial charge in [-0.2, -0.15) is 0 Å². The summed E-state index contributed by atoms with van der Waals surface area (Å²) >= 11 is 0. The van der Waals surface area contributed by atoms with Crippen molar-refractivity contribution in [3.63, 3.8) is 0 Å². The third kappa shape index (κ3) is 4.45. The Bertz CT molecular complexity index is 604. The van der Waals surface area contributed by atoms with Gasteiger partial charge < -0.3 is 0 Å². The molecule has 1 heterocycles. The van der Waals surface area contributed by atoms with Crippen molar-refractivity contribution in [2.75, 3.05) is 6.54 Å². The third-order valence-corrected chi connectivity index (χ3v) is 3.37. The molecule has 0 unspecified atom stereocenters. The monoisotopic (exact) mass is 319 g/mol. The van der Waals surface area contributed by atoms with Crippen LogP contribution in [0, 0.1) is 0 Å². The summed E-state index contributed by atoms with van der Waals surface area (Å²) in [5, 5.41) is 0. The SMILES string of the molecule is C(=C1CCCN=C1c1ccccc1)c1ccccc1.Cl.Cl. The van der Waals surface area contributed by atoms with Gasteiger partial charge in [0.05, 0.1) is 5.71 Å². The van der Waals surface area contributed by atoms with Crippen molar-refractivity contribution < 1.29 is 0 Å². The highest BCUT2D eigenvalue weighted by molar-refractivity contribution is 6.15. The van der Waals surface area contributed by atoms with Crippen LogP contribution in [-0.2, 0) is 0 Å². The Hall–Kier alpha value is -1.57. The molecule has 1 nitrogen and oxygen atoms in total. The van der Waals surface area contributed by atoms with Crippen LogP contribution in [0.5, 0.6) is 0 Å². The van der Waals surface area contributed by atoms with Crippen molar-refractivity contribution >= 4 is 36.6 Å². The molecule has 3 rings (SSSR count). The maximum atomic E-state index is 4.73. The second-order valence-electron chi connectivity index (χ2n) is 4.78. The summed E-state index contributed by atoms with van der Waals surface area (Å²) in [6.45, 7) is 0.941. The van der Waals surface area contributed by atoms with Crippen molar-refractivity contribution in [2.24, 2.45) is 4.99 Å². The summed E-state index contributed by atoms with van der Waals surface area (Å²) in [6, 6.07) is 21.0. The molecule has 0 spiro atoms. The normalized spacial score (nSPS) is 15.6. The minimum absolute atomic E-state index is 0. The van der Waals surface area contributed by atoms with Crippen LogP contribution >= 0.6 is 24.8 Å². The highest BCUT2D eigenvalue weighted by atomic mass is 35.5. The first-order valence-electron chi connectivity index (χ1n) is 6.79. The molecule has 0 aromatic heterocycles. The van der Waals surface area contributed by atoms with Crippen LogP contribution in [-0.4, -0.2) is 12.3 Å². The Labute approximate surface area is 138 Å². The molecule has 0 amide bonds. The number of hydrogen-bond donors (Lipinski definition) is 0. The molecule has 110 valence electrons. The van der Waals surface area contributed by atoms with Crippen LogP contribution < -0.4 is 0 Å². The standard InChI is InChI=1S/C18H17N.2ClH/c1-3-8-15(9-4-1)14-17-12-7-13-19-18(17)16-10-5-2-6-11-16;;/h1-6,8-11,14H,7,12-13H2;2*1H. The van der Waals surface area contributed by atoms with E-state index in [0.29, 0.717) is 0 Å². The minimum atomic E-state index is 0. The number of allylic oxidation sites excluding steroid dienone is 1. The molecule has 0 aliphatic carbocycles. The molecule has 3 heteroatoms. The summed E-state index contributed by atoms with van der Waals surface area (Å²) in [7, 11) is 0. The average molecular weight is 320 g/mol. The summed E-state index contributed by atoms with van der Waals surface area (Å²) < 4.78 is 0. The van der Waals surface area contributed by atoms with Gasteiger partial charge in [0.1, 0.15) is 0 Å². The van der Waals surface area contributed by atoms with E-state index in [2.05, 4.69) is 60.7 Å². The highest BCUT2D eigenvalue weighted by Crippen LogP contribution is 2.22. The number of benzene rings is 2. The molecule has 0 radical (unpaired) electrons. The van der Waals surface area contributed by atoms with Gasteiger partial charge in [0.2, 0.25) is 0 Å². The van der Waals surface area contributed by atoms with Crippen LogP contribution in [0.25, 0.3) is 6.08 Å². The molecule has 0 N–H and O–H groups in total. The molecule has 2 aromatic carbocycles. The number of hydrogen-bond acceptors (Lipinski definition) is 1. The fourth-order valence-corrected chi connectivity index (χ4v) is 2.44. The fraction of sp³-hybridized carbons (Fsp3) is 0.167. The van der Waals surface area contributed by atoms with E-state index in [-0.39, 0.29) is 24.8 Å². The fourth-order valence-electron chi connectivity index (χ4n) is 2.44. The topological polar surface area (TPSA) is 12.4 Å². The third-order valence-electron chi connectivity index (χ3n) is 3.37. The Morgan fingerprint density at radius 3 is 2.10 bits per heavy atom. The molecule has 0 saturated heterocycles. The first-order valence-corrected chi connectivity index (χ1v) is 6.79. The lowest BCUT2D eigenvalue weighted by Crippen LogP contribution is -2.11. The number of rotatable bonds is 2. The van der Waals surface area contributed by atoms with Crippen LogP contribution in [0.1, 0.15) is 24.0 Å². The molecular formula is C18H19Cl2N. The van der Waals surface area contributed by atoms with E-state index in [1.54, 1.807) is 0 Å². The first-order chi connectivity index (χ1) is 9.43. The smallest absolute Gasteiger partial charge is 0.0678 e. The minimum Gasteiger partial charge on any atom is -0.284 e. The maximum absolute atomic E-state index is 4.73. The predicted octanol–water partition coefficient (Wildman–Crippen LogP) is 5.20. The summed E-state index contributed by atoms with van der Waals surface area (Å²) in [4.78, 5) is 4.73. The van der Waals surface area contributed by atoms with E-state index in [9.17, 15) is 0 Å². The molecular weight excluding hydrogens is 301 g/mol. The van der Waals surface area contributed by atoms with Crippen molar-refractivity contribution in [1.29, 1.82) is 0 Å². The molecule has 0 bridgehead atoms. The van der Waals surface area contributed by atoms with Crippen molar-refractivity contribution in [3.8, 4) is 0 Å². The lowest BCUT2D eigenvalue weighted by molar-refractivity contribution is 0.818. The number of halogens is 2. The van der Waals surface area contributed by atoms with Gasteiger partial charge in [0.15, 0.2) is 0 Å². The van der Waals surface area contributed by atoms with Gasteiger partial charge in [0, 0.05) is 6.54 Å². The van der Waals surface area contributed by atoms with E-state index in [1.165, 1.54) is 16.7 Å². The van der Waals surface area contributed by atoms with Gasteiger partial charge in [-0.25, -0.2) is 0 Å². The second-order valence-corrected chi connectivity index (χ2v) is 4.78. The molecule has 1 aliphatic rings. The predicted molar refractivity (Wildman–Crippen MR) is 96.0 cm³/mol. The zero-order valence-electron chi connectivity index (χ0n) is 11.7. The molecule has 21 heavy (non-hydrogen) atoms. The van der Waals surface area contributed by atoms with Crippen molar-refractivity contribution in [2.45, 2.75) is 12.8 Å². The molecule has 2 aromatic rings. The molecule has 0 saturated carbocycles. The summed E-state index contributed by atoms with van der Waals surface area (Å²) in [6.07, 6.45) is 4.53. The maximum Gasteiger partial charge on any atom is 0.0678 e. The van der Waals surface area contributed by atoms with Gasteiger partial charge in [-0.15, -0.1) is 24.8 Å². The van der Waals surface area contributed by atoms with Crippen LogP contribution in [0.3, 0.4) is 0 Å². The van der Waals surface area contributed by atoms with Gasteiger partial charge in [0.25, 0.3) is 0 Å². The molecule has 1 aliphatic heterocycles. The first kappa shape index (κ1) is 17.5. The van der Waals surface area contributed by atoms with Gasteiger partial charge >= 0.3 is 0 Å². The Morgan fingerprint density at radius 1 is 0.810 bits per heavy atom. The average Bonchev–Trinajstić information content (AvgIpc) is 2.50. The van der Waals surface area contributed by atoms with E-state index < -0.39 is 0 Å². The number of aliphatic imine (C=N–C) groups is 1. The van der Waals surface area contributed by atoms with Crippen LogP contribution in [0.4, 0.5) is 0 Å². The van der Waals surface area contributed by atoms with Gasteiger partial charge in [-0.1, -0.05) is 60.7 Å². The van der Waals surface area contributed by atoms with E-state index in [4.69, 9.17) is 4.99 Å². The quantitative estimate of drug-likeness (QED) is 0.721. The summed E-state index contributed by atoms with van der Waals surface area (Å²) in [5.41, 5.74) is 4.99. The highest BCUT2D eigenvalue weighted by Gasteiger charge is 2.13.